The average molecular weight is 849 g/mol. The molecule has 0 amide bonds. The highest BCUT2D eigenvalue weighted by atomic mass is 16.6. The summed E-state index contributed by atoms with van der Waals surface area (Å²) in [5.41, 5.74) is -0.955. The van der Waals surface area contributed by atoms with Gasteiger partial charge in [-0.1, -0.05) is 150 Å². The maximum Gasteiger partial charge on any atom is 0.340 e. The Morgan fingerprint density at radius 2 is 0.983 bits per heavy atom. The van der Waals surface area contributed by atoms with Crippen LogP contribution < -0.4 is 0 Å². The Hall–Kier alpha value is -3.80. The van der Waals surface area contributed by atoms with Crippen LogP contribution in [0.4, 0.5) is 0 Å². The molecule has 0 spiro atoms. The predicted octanol–water partition coefficient (Wildman–Crippen LogP) is 10.8. The molecule has 0 aliphatic heterocycles. The van der Waals surface area contributed by atoms with Crippen LogP contribution in [-0.4, -0.2) is 76.4 Å². The van der Waals surface area contributed by atoms with Crippen molar-refractivity contribution in [2.24, 2.45) is 5.92 Å². The van der Waals surface area contributed by atoms with Gasteiger partial charge in [0.1, 0.15) is 5.78 Å². The fraction of sp³-hybridized carbons (Fsp3) is 0.750. The summed E-state index contributed by atoms with van der Waals surface area (Å²) in [5.74, 6) is -8.09. The van der Waals surface area contributed by atoms with Crippen molar-refractivity contribution < 1.29 is 58.3 Å². The van der Waals surface area contributed by atoms with E-state index in [1.54, 1.807) is 0 Å². The van der Waals surface area contributed by atoms with Crippen LogP contribution >= 0.6 is 0 Å². The molecular weight excluding hydrogens is 769 g/mol. The SMILES string of the molecule is CCCCCCCCCCc1ccc(C(=O)O)c(C(=O)O)c1CCCCCCCCCC.CCCCOC(=O)CC(O)(C(=O)OCCCC)C(C(C)=O)C(=O)OCCCC. The maximum absolute atomic E-state index is 12.5. The Bertz CT molecular complexity index is 1390. The third-order valence-electron chi connectivity index (χ3n) is 10.6. The van der Waals surface area contributed by atoms with Crippen molar-refractivity contribution in [2.75, 3.05) is 19.8 Å². The highest BCUT2D eigenvalue weighted by Gasteiger charge is 2.54. The third-order valence-corrected chi connectivity index (χ3v) is 10.6. The van der Waals surface area contributed by atoms with Gasteiger partial charge in [-0.25, -0.2) is 14.4 Å². The molecule has 0 radical (unpaired) electrons. The first kappa shape index (κ1) is 56.2. The van der Waals surface area contributed by atoms with E-state index in [9.17, 15) is 44.1 Å². The molecule has 0 aliphatic rings. The molecule has 0 saturated carbocycles. The van der Waals surface area contributed by atoms with E-state index >= 15 is 0 Å². The van der Waals surface area contributed by atoms with E-state index in [0.29, 0.717) is 25.7 Å². The monoisotopic (exact) mass is 849 g/mol. The van der Waals surface area contributed by atoms with Crippen LogP contribution in [0, 0.1) is 5.92 Å². The minimum Gasteiger partial charge on any atom is -0.478 e. The van der Waals surface area contributed by atoms with Crippen molar-refractivity contribution in [3.63, 3.8) is 0 Å². The summed E-state index contributed by atoms with van der Waals surface area (Å²) in [7, 11) is 0. The molecule has 12 heteroatoms. The van der Waals surface area contributed by atoms with Gasteiger partial charge in [-0.15, -0.1) is 0 Å². The van der Waals surface area contributed by atoms with Crippen LogP contribution in [0.2, 0.25) is 0 Å². The first-order chi connectivity index (χ1) is 28.8. The first-order valence-electron chi connectivity index (χ1n) is 23.1. The normalized spacial score (nSPS) is 12.4. The van der Waals surface area contributed by atoms with Crippen LogP contribution in [0.1, 0.15) is 221 Å². The minimum absolute atomic E-state index is 0.00195. The Kier molecular flexibility index (Phi) is 32.7. The lowest BCUT2D eigenvalue weighted by molar-refractivity contribution is -0.187. The van der Waals surface area contributed by atoms with Crippen LogP contribution in [0.25, 0.3) is 0 Å². The molecule has 1 aromatic rings. The lowest BCUT2D eigenvalue weighted by atomic mass is 9.81. The van der Waals surface area contributed by atoms with Gasteiger partial charge >= 0.3 is 29.8 Å². The molecular formula is C48H80O12. The maximum atomic E-state index is 12.5. The van der Waals surface area contributed by atoms with E-state index in [-0.39, 0.29) is 30.9 Å². The Labute approximate surface area is 360 Å². The number of esters is 3. The number of aromatic carboxylic acids is 2. The van der Waals surface area contributed by atoms with Crippen molar-refractivity contribution in [1.29, 1.82) is 0 Å². The summed E-state index contributed by atoms with van der Waals surface area (Å²) in [5, 5.41) is 30.3. The molecule has 1 rings (SSSR count). The molecule has 0 bridgehead atoms. The molecule has 0 fully saturated rings. The number of rotatable bonds is 35. The number of aryl methyl sites for hydroxylation is 1. The average Bonchev–Trinajstić information content (AvgIpc) is 3.20. The summed E-state index contributed by atoms with van der Waals surface area (Å²) < 4.78 is 15.0. The zero-order valence-electron chi connectivity index (χ0n) is 38.0. The number of benzene rings is 1. The summed E-state index contributed by atoms with van der Waals surface area (Å²) in [6, 6.07) is 3.35. The van der Waals surface area contributed by atoms with Crippen LogP contribution in [-0.2, 0) is 46.2 Å². The van der Waals surface area contributed by atoms with Gasteiger partial charge < -0.3 is 29.5 Å². The second-order valence-corrected chi connectivity index (χ2v) is 15.9. The van der Waals surface area contributed by atoms with E-state index in [1.807, 2.05) is 26.8 Å². The zero-order valence-corrected chi connectivity index (χ0v) is 38.0. The fourth-order valence-electron chi connectivity index (χ4n) is 6.94. The number of ether oxygens (including phenoxy) is 3. The van der Waals surface area contributed by atoms with Gasteiger partial charge in [0.25, 0.3) is 0 Å². The third kappa shape index (κ3) is 23.3. The van der Waals surface area contributed by atoms with E-state index in [4.69, 9.17) is 14.2 Å². The molecule has 1 aromatic carbocycles. The topological polar surface area (TPSA) is 191 Å². The zero-order chi connectivity index (χ0) is 45.2. The molecule has 60 heavy (non-hydrogen) atoms. The van der Waals surface area contributed by atoms with Crippen molar-refractivity contribution >= 4 is 35.6 Å². The van der Waals surface area contributed by atoms with Crippen LogP contribution in [0.5, 0.6) is 0 Å². The van der Waals surface area contributed by atoms with Gasteiger partial charge in [0.15, 0.2) is 11.5 Å². The highest BCUT2D eigenvalue weighted by molar-refractivity contribution is 6.05. The second-order valence-electron chi connectivity index (χ2n) is 15.9. The van der Waals surface area contributed by atoms with Crippen molar-refractivity contribution in [3.05, 3.63) is 34.4 Å². The van der Waals surface area contributed by atoms with Crippen molar-refractivity contribution in [2.45, 2.75) is 208 Å². The van der Waals surface area contributed by atoms with Gasteiger partial charge in [0.2, 0.25) is 0 Å². The molecule has 2 unspecified atom stereocenters. The molecule has 3 N–H and O–H groups in total. The number of hydrogen-bond donors (Lipinski definition) is 3. The number of aliphatic hydroxyl groups is 1. The van der Waals surface area contributed by atoms with Crippen molar-refractivity contribution in [3.8, 4) is 0 Å². The minimum atomic E-state index is -2.67. The summed E-state index contributed by atoms with van der Waals surface area (Å²) >= 11 is 0. The van der Waals surface area contributed by atoms with E-state index in [0.717, 1.165) is 75.8 Å². The number of unbranched alkanes of at least 4 members (excludes halogenated alkanes) is 17. The number of hydrogen-bond acceptors (Lipinski definition) is 10. The predicted molar refractivity (Wildman–Crippen MR) is 234 cm³/mol. The molecule has 344 valence electrons. The number of carbonyl (C=O) groups is 6. The smallest absolute Gasteiger partial charge is 0.340 e. The van der Waals surface area contributed by atoms with Gasteiger partial charge in [0.05, 0.1) is 37.4 Å². The molecule has 12 nitrogen and oxygen atoms in total. The van der Waals surface area contributed by atoms with Crippen LogP contribution in [0.3, 0.4) is 0 Å². The standard InChI is InChI=1S/C28H46O4.C20H34O8/c1-3-5-7-9-11-13-15-17-19-23-21-22-25(27(29)30)26(28(31)32)24(23)20-18-16-14-12-10-8-6-4-2;1-5-8-11-26-16(22)14-20(25,19(24)28-13-10-7-3)17(15(4)21)18(23)27-12-9-6-2/h21-22H,3-20H2,1-2H3,(H,29,30)(H,31,32);17,25H,5-14H2,1-4H3. The number of carbonyl (C=O) groups excluding carboxylic acids is 4. The molecule has 0 aliphatic carbocycles. The molecule has 0 saturated heterocycles. The summed E-state index contributed by atoms with van der Waals surface area (Å²) in [6.45, 7) is 11.3. The lowest BCUT2D eigenvalue weighted by Crippen LogP contribution is -2.55. The van der Waals surface area contributed by atoms with Crippen LogP contribution in [0.15, 0.2) is 12.1 Å². The fourth-order valence-corrected chi connectivity index (χ4v) is 6.94. The number of carboxylic acid groups (broad SMARTS) is 2. The van der Waals surface area contributed by atoms with Gasteiger partial charge in [-0.3, -0.25) is 14.4 Å². The summed E-state index contributed by atoms with van der Waals surface area (Å²) in [4.78, 5) is 72.8. The number of carboxylic acids is 2. The van der Waals surface area contributed by atoms with E-state index in [1.165, 1.54) is 76.7 Å². The van der Waals surface area contributed by atoms with Crippen molar-refractivity contribution in [1.82, 2.24) is 0 Å². The molecule has 0 aromatic heterocycles. The van der Waals surface area contributed by atoms with Gasteiger partial charge in [-0.05, 0) is 69.1 Å². The van der Waals surface area contributed by atoms with E-state index < -0.39 is 53.6 Å². The summed E-state index contributed by atoms with van der Waals surface area (Å²) in [6.07, 6.45) is 24.0. The quantitative estimate of drug-likeness (QED) is 0.0254. The highest BCUT2D eigenvalue weighted by Crippen LogP contribution is 2.28. The van der Waals surface area contributed by atoms with Gasteiger partial charge in [0, 0.05) is 0 Å². The molecule has 0 heterocycles. The second kappa shape index (κ2) is 34.9. The molecule has 2 atom stereocenters. The Morgan fingerprint density at radius 1 is 0.550 bits per heavy atom. The number of ketones is 1. The number of Topliss-reactive ketones (excluding diaryl/α,β-unsaturated/α-hetero) is 1. The Balaban J connectivity index is 0.00000117. The van der Waals surface area contributed by atoms with Gasteiger partial charge in [-0.2, -0.15) is 0 Å². The lowest BCUT2D eigenvalue weighted by Gasteiger charge is -2.30. The van der Waals surface area contributed by atoms with E-state index in [2.05, 4.69) is 13.8 Å². The largest absolute Gasteiger partial charge is 0.478 e. The first-order valence-corrected chi connectivity index (χ1v) is 23.1. The Morgan fingerprint density at radius 3 is 1.43 bits per heavy atom.